The molecule has 2 aromatic rings. The Balaban J connectivity index is 2.31. The zero-order valence-electron chi connectivity index (χ0n) is 18.9. The molecule has 0 aliphatic heterocycles. The lowest BCUT2D eigenvalue weighted by Crippen LogP contribution is -2.31. The van der Waals surface area contributed by atoms with Gasteiger partial charge >= 0.3 is 0 Å². The molecule has 0 aromatic heterocycles. The number of benzene rings is 2. The highest BCUT2D eigenvalue weighted by Gasteiger charge is 2.24. The van der Waals surface area contributed by atoms with E-state index < -0.39 is 17.7 Å². The summed E-state index contributed by atoms with van der Waals surface area (Å²) in [6.45, 7) is 5.70. The number of nitrogens with zero attached hydrogens (tertiary/aromatic N) is 2. The molecule has 1 amide bonds. The van der Waals surface area contributed by atoms with E-state index >= 15 is 0 Å². The van der Waals surface area contributed by atoms with E-state index in [1.165, 1.54) is 39.3 Å². The zero-order valence-corrected chi connectivity index (χ0v) is 20.4. The lowest BCUT2D eigenvalue weighted by molar-refractivity contribution is -0.126. The summed E-state index contributed by atoms with van der Waals surface area (Å²) in [5.74, 6) is 0.272. The van der Waals surface area contributed by atoms with Crippen molar-refractivity contribution in [2.45, 2.75) is 26.8 Å². The fraction of sp³-hybridized carbons (Fsp3) is 0.364. The molecule has 1 unspecified atom stereocenters. The Hall–Kier alpha value is -3.04. The maximum Gasteiger partial charge on any atom is 0.258 e. The first-order valence-electron chi connectivity index (χ1n) is 9.98. The third-order valence-corrected chi connectivity index (χ3v) is 4.81. The van der Waals surface area contributed by atoms with Gasteiger partial charge < -0.3 is 24.3 Å². The number of carbonyl (C=O) groups excluding carboxylic acids is 2. The van der Waals surface area contributed by atoms with Crippen molar-refractivity contribution in [1.82, 2.24) is 0 Å². The molecule has 0 spiro atoms. The van der Waals surface area contributed by atoms with Crippen LogP contribution in [0.4, 0.5) is 11.4 Å². The number of methoxy groups -OCH3 is 2. The second-order valence-electron chi connectivity index (χ2n) is 6.53. The highest BCUT2D eigenvalue weighted by Crippen LogP contribution is 2.39. The fourth-order valence-corrected chi connectivity index (χ4v) is 3.26. The maximum atomic E-state index is 12.8. The van der Waals surface area contributed by atoms with Crippen molar-refractivity contribution in [1.29, 1.82) is 0 Å². The van der Waals surface area contributed by atoms with Crippen LogP contribution in [0.15, 0.2) is 34.5 Å². The molecule has 0 saturated carbocycles. The van der Waals surface area contributed by atoms with Gasteiger partial charge in [0.25, 0.3) is 5.91 Å². The lowest BCUT2D eigenvalue weighted by Gasteiger charge is -2.14. The van der Waals surface area contributed by atoms with E-state index in [0.29, 0.717) is 41.9 Å². The van der Waals surface area contributed by atoms with E-state index in [1.54, 1.807) is 6.07 Å². The van der Waals surface area contributed by atoms with Crippen molar-refractivity contribution < 1.29 is 28.5 Å². The van der Waals surface area contributed by atoms with Crippen LogP contribution < -0.4 is 24.3 Å². The van der Waals surface area contributed by atoms with Crippen LogP contribution in [0.3, 0.4) is 0 Å². The molecule has 9 nitrogen and oxygen atoms in total. The molecule has 0 radical (unpaired) electrons. The van der Waals surface area contributed by atoms with Gasteiger partial charge in [-0.3, -0.25) is 9.59 Å². The van der Waals surface area contributed by atoms with Crippen molar-refractivity contribution in [3.8, 4) is 23.0 Å². The van der Waals surface area contributed by atoms with Crippen molar-refractivity contribution in [2.24, 2.45) is 10.2 Å². The van der Waals surface area contributed by atoms with E-state index in [4.69, 9.17) is 42.1 Å². The Bertz CT molecular complexity index is 1050. The van der Waals surface area contributed by atoms with E-state index in [0.717, 1.165) is 0 Å². The molecule has 2 aromatic carbocycles. The molecule has 33 heavy (non-hydrogen) atoms. The molecule has 11 heteroatoms. The number of hydrogen-bond acceptors (Lipinski definition) is 8. The van der Waals surface area contributed by atoms with Crippen molar-refractivity contribution in [3.05, 3.63) is 34.3 Å². The summed E-state index contributed by atoms with van der Waals surface area (Å²) in [4.78, 5) is 24.9. The predicted molar refractivity (Wildman–Crippen MR) is 126 cm³/mol. The van der Waals surface area contributed by atoms with Crippen molar-refractivity contribution >= 4 is 46.3 Å². The van der Waals surface area contributed by atoms with E-state index in [1.807, 2.05) is 13.8 Å². The Morgan fingerprint density at radius 1 is 0.939 bits per heavy atom. The van der Waals surface area contributed by atoms with Crippen LogP contribution >= 0.6 is 23.2 Å². The fourth-order valence-electron chi connectivity index (χ4n) is 2.78. The number of ketones is 1. The van der Waals surface area contributed by atoms with Gasteiger partial charge in [-0.05, 0) is 26.8 Å². The van der Waals surface area contributed by atoms with Gasteiger partial charge in [0.1, 0.15) is 5.69 Å². The van der Waals surface area contributed by atoms with Crippen LogP contribution in [0.25, 0.3) is 0 Å². The number of azo groups is 1. The Morgan fingerprint density at radius 3 is 2.12 bits per heavy atom. The molecule has 0 bridgehead atoms. The topological polar surface area (TPSA) is 108 Å². The Kier molecular flexibility index (Phi) is 9.74. The molecule has 1 N–H and O–H groups in total. The summed E-state index contributed by atoms with van der Waals surface area (Å²) in [7, 11) is 2.88. The Morgan fingerprint density at radius 2 is 1.58 bits per heavy atom. The minimum absolute atomic E-state index is 0.219. The largest absolute Gasteiger partial charge is 0.493 e. The summed E-state index contributed by atoms with van der Waals surface area (Å²) in [6.07, 6.45) is 0. The van der Waals surface area contributed by atoms with E-state index in [9.17, 15) is 9.59 Å². The number of nitrogens with one attached hydrogen (secondary N) is 1. The molecule has 2 rings (SSSR count). The molecular formula is C22H25Cl2N3O6. The first-order valence-corrected chi connectivity index (χ1v) is 10.7. The molecule has 0 aliphatic rings. The number of halogens is 2. The second-order valence-corrected chi connectivity index (χ2v) is 7.34. The van der Waals surface area contributed by atoms with Gasteiger partial charge in [-0.2, -0.15) is 10.2 Å². The number of Topliss-reactive ketones (excluding diaryl/α,β-unsaturated/α-hetero) is 1. The molecular weight excluding hydrogens is 473 g/mol. The van der Waals surface area contributed by atoms with Crippen LogP contribution in [0.5, 0.6) is 23.0 Å². The van der Waals surface area contributed by atoms with Gasteiger partial charge in [-0.15, -0.1) is 0 Å². The number of hydrogen-bond donors (Lipinski definition) is 1. The Labute approximate surface area is 202 Å². The molecule has 1 atom stereocenters. The number of ether oxygens (including phenoxy) is 4. The number of rotatable bonds is 11. The third-order valence-electron chi connectivity index (χ3n) is 4.23. The molecule has 178 valence electrons. The van der Waals surface area contributed by atoms with Gasteiger partial charge in [-0.1, -0.05) is 23.2 Å². The van der Waals surface area contributed by atoms with Crippen LogP contribution in [-0.4, -0.2) is 45.2 Å². The van der Waals surface area contributed by atoms with Gasteiger partial charge in [0.15, 0.2) is 28.8 Å². The normalized spacial score (nSPS) is 11.7. The first-order chi connectivity index (χ1) is 15.7. The summed E-state index contributed by atoms with van der Waals surface area (Å²) >= 11 is 12.4. The molecule has 0 aliphatic carbocycles. The molecule has 0 heterocycles. The minimum atomic E-state index is -1.42. The quantitative estimate of drug-likeness (QED) is 0.324. The monoisotopic (exact) mass is 497 g/mol. The number of anilines is 1. The summed E-state index contributed by atoms with van der Waals surface area (Å²) in [5, 5.41) is 11.0. The third kappa shape index (κ3) is 6.72. The zero-order chi connectivity index (χ0) is 24.5. The second kappa shape index (κ2) is 12.3. The smallest absolute Gasteiger partial charge is 0.258 e. The molecule has 0 saturated heterocycles. The number of carbonyl (C=O) groups is 2. The van der Waals surface area contributed by atoms with Gasteiger partial charge in [-0.25, -0.2) is 0 Å². The van der Waals surface area contributed by atoms with Gasteiger partial charge in [0.05, 0.1) is 37.5 Å². The summed E-state index contributed by atoms with van der Waals surface area (Å²) in [5.41, 5.74) is 0.513. The summed E-state index contributed by atoms with van der Waals surface area (Å²) in [6, 6.07) is 4.62. The highest BCUT2D eigenvalue weighted by molar-refractivity contribution is 6.33. The van der Waals surface area contributed by atoms with Crippen LogP contribution in [0, 0.1) is 0 Å². The van der Waals surface area contributed by atoms with Crippen molar-refractivity contribution in [2.75, 3.05) is 32.8 Å². The SMILES string of the molecule is CCOc1cc(Cl)c(N=NC(C(C)=O)C(=O)Nc2cc(Cl)c(OC)c(OC)c2)cc1OCC. The van der Waals surface area contributed by atoms with Crippen molar-refractivity contribution in [3.63, 3.8) is 0 Å². The van der Waals surface area contributed by atoms with Crippen LogP contribution in [-0.2, 0) is 9.59 Å². The average molecular weight is 498 g/mol. The lowest BCUT2D eigenvalue weighted by atomic mass is 10.2. The first kappa shape index (κ1) is 26.2. The minimum Gasteiger partial charge on any atom is -0.493 e. The van der Waals surface area contributed by atoms with E-state index in [2.05, 4.69) is 15.5 Å². The standard InChI is InChI=1S/C22H25Cl2N3O6/c1-6-32-17-10-14(23)16(11-18(17)33-7-2)26-27-20(12(3)28)22(29)25-13-8-15(24)21(31-5)19(9-13)30-4/h8-11,20H,6-7H2,1-5H3,(H,25,29). The maximum absolute atomic E-state index is 12.8. The average Bonchev–Trinajstić information content (AvgIpc) is 2.76. The van der Waals surface area contributed by atoms with Gasteiger partial charge in [0, 0.05) is 23.9 Å². The highest BCUT2D eigenvalue weighted by atomic mass is 35.5. The summed E-state index contributed by atoms with van der Waals surface area (Å²) < 4.78 is 21.5. The van der Waals surface area contributed by atoms with Crippen LogP contribution in [0.2, 0.25) is 10.0 Å². The van der Waals surface area contributed by atoms with Crippen LogP contribution in [0.1, 0.15) is 20.8 Å². The predicted octanol–water partition coefficient (Wildman–Crippen LogP) is 5.49. The molecule has 0 fully saturated rings. The number of amides is 1. The van der Waals surface area contributed by atoms with Gasteiger partial charge in [0.2, 0.25) is 6.04 Å². The van der Waals surface area contributed by atoms with E-state index in [-0.39, 0.29) is 15.7 Å².